The molecule has 0 aromatic carbocycles. The molecular formula is C9H20N2O2S. The standard InChI is InChI=1S/C9H20N2O2S/c1-3-5-9-8-10-6-7-11(9)14(12,13)4-2/h9-10H,3-8H2,1-2H3. The second kappa shape index (κ2) is 5.09. The van der Waals surface area contributed by atoms with Gasteiger partial charge in [0.1, 0.15) is 0 Å². The Balaban J connectivity index is 2.72. The van der Waals surface area contributed by atoms with E-state index in [2.05, 4.69) is 12.2 Å². The van der Waals surface area contributed by atoms with E-state index in [1.165, 1.54) is 0 Å². The first-order valence-corrected chi connectivity index (χ1v) is 6.93. The summed E-state index contributed by atoms with van der Waals surface area (Å²) in [4.78, 5) is 0. The Morgan fingerprint density at radius 1 is 1.43 bits per heavy atom. The molecule has 0 bridgehead atoms. The minimum atomic E-state index is -3.00. The van der Waals surface area contributed by atoms with Crippen molar-refractivity contribution >= 4 is 10.0 Å². The minimum absolute atomic E-state index is 0.165. The molecular weight excluding hydrogens is 200 g/mol. The highest BCUT2D eigenvalue weighted by Gasteiger charge is 2.29. The molecule has 5 heteroatoms. The van der Waals surface area contributed by atoms with Crippen LogP contribution in [0.1, 0.15) is 26.7 Å². The Bertz CT molecular complexity index is 262. The Hall–Kier alpha value is -0.130. The predicted octanol–water partition coefficient (Wildman–Crippen LogP) is 0.410. The van der Waals surface area contributed by atoms with Crippen LogP contribution in [0.15, 0.2) is 0 Å². The molecule has 1 rings (SSSR count). The lowest BCUT2D eigenvalue weighted by molar-refractivity contribution is 0.255. The van der Waals surface area contributed by atoms with Gasteiger partial charge in [-0.15, -0.1) is 0 Å². The van der Waals surface area contributed by atoms with Crippen molar-refractivity contribution in [2.45, 2.75) is 32.7 Å². The Kier molecular flexibility index (Phi) is 4.34. The van der Waals surface area contributed by atoms with E-state index in [1.807, 2.05) is 0 Å². The number of sulfonamides is 1. The zero-order chi connectivity index (χ0) is 10.6. The van der Waals surface area contributed by atoms with Gasteiger partial charge in [0.25, 0.3) is 0 Å². The van der Waals surface area contributed by atoms with Crippen LogP contribution in [0, 0.1) is 0 Å². The van der Waals surface area contributed by atoms with Crippen molar-refractivity contribution in [3.05, 3.63) is 0 Å². The lowest BCUT2D eigenvalue weighted by atomic mass is 10.1. The molecule has 1 heterocycles. The van der Waals surface area contributed by atoms with E-state index < -0.39 is 10.0 Å². The molecule has 0 amide bonds. The molecule has 1 fully saturated rings. The van der Waals surface area contributed by atoms with Gasteiger partial charge < -0.3 is 5.32 Å². The summed E-state index contributed by atoms with van der Waals surface area (Å²) in [5, 5.41) is 3.24. The Labute approximate surface area is 86.7 Å². The second-order valence-corrected chi connectivity index (χ2v) is 5.87. The summed E-state index contributed by atoms with van der Waals surface area (Å²) in [5.74, 6) is 0.215. The molecule has 0 aromatic heterocycles. The van der Waals surface area contributed by atoms with Crippen LogP contribution in [0.4, 0.5) is 0 Å². The van der Waals surface area contributed by atoms with E-state index in [0.29, 0.717) is 6.54 Å². The van der Waals surface area contributed by atoms with Gasteiger partial charge in [-0.25, -0.2) is 8.42 Å². The summed E-state index contributed by atoms with van der Waals surface area (Å²) in [7, 11) is -3.00. The number of nitrogens with one attached hydrogen (secondary N) is 1. The first kappa shape index (κ1) is 11.9. The van der Waals surface area contributed by atoms with E-state index in [1.54, 1.807) is 11.2 Å². The Morgan fingerprint density at radius 3 is 2.71 bits per heavy atom. The van der Waals surface area contributed by atoms with E-state index in [-0.39, 0.29) is 11.8 Å². The van der Waals surface area contributed by atoms with Crippen LogP contribution in [0.25, 0.3) is 0 Å². The van der Waals surface area contributed by atoms with Crippen molar-refractivity contribution in [1.29, 1.82) is 0 Å². The SMILES string of the molecule is CCCC1CNCCN1S(=O)(=O)CC. The maximum absolute atomic E-state index is 11.7. The molecule has 84 valence electrons. The first-order valence-electron chi connectivity index (χ1n) is 5.32. The first-order chi connectivity index (χ1) is 6.61. The van der Waals surface area contributed by atoms with Gasteiger partial charge >= 0.3 is 0 Å². The fraction of sp³-hybridized carbons (Fsp3) is 1.00. The van der Waals surface area contributed by atoms with Crippen LogP contribution < -0.4 is 5.32 Å². The maximum atomic E-state index is 11.7. The normalized spacial score (nSPS) is 25.1. The third kappa shape index (κ3) is 2.68. The van der Waals surface area contributed by atoms with Gasteiger partial charge in [-0.05, 0) is 13.3 Å². The molecule has 0 aromatic rings. The summed E-state index contributed by atoms with van der Waals surface area (Å²) in [6, 6.07) is 0.165. The van der Waals surface area contributed by atoms with Crippen LogP contribution in [0.3, 0.4) is 0 Å². The molecule has 1 aliphatic heterocycles. The van der Waals surface area contributed by atoms with E-state index >= 15 is 0 Å². The van der Waals surface area contributed by atoms with Crippen molar-refractivity contribution in [2.75, 3.05) is 25.4 Å². The monoisotopic (exact) mass is 220 g/mol. The zero-order valence-electron chi connectivity index (χ0n) is 8.99. The molecule has 1 atom stereocenters. The zero-order valence-corrected chi connectivity index (χ0v) is 9.81. The van der Waals surface area contributed by atoms with Gasteiger partial charge in [0.15, 0.2) is 0 Å². The highest BCUT2D eigenvalue weighted by molar-refractivity contribution is 7.89. The fourth-order valence-corrected chi connectivity index (χ4v) is 3.19. The minimum Gasteiger partial charge on any atom is -0.314 e. The van der Waals surface area contributed by atoms with Gasteiger partial charge in [-0.3, -0.25) is 0 Å². The molecule has 1 saturated heterocycles. The molecule has 4 nitrogen and oxygen atoms in total. The lowest BCUT2D eigenvalue weighted by Gasteiger charge is -2.34. The molecule has 0 aliphatic carbocycles. The number of hydrogen-bond donors (Lipinski definition) is 1. The van der Waals surface area contributed by atoms with Gasteiger partial charge in [0, 0.05) is 25.7 Å². The van der Waals surface area contributed by atoms with E-state index in [0.717, 1.165) is 25.9 Å². The van der Waals surface area contributed by atoms with E-state index in [4.69, 9.17) is 0 Å². The van der Waals surface area contributed by atoms with Gasteiger partial charge in [0.2, 0.25) is 10.0 Å². The molecule has 14 heavy (non-hydrogen) atoms. The van der Waals surface area contributed by atoms with Crippen molar-refractivity contribution in [1.82, 2.24) is 9.62 Å². The number of piperazine rings is 1. The van der Waals surface area contributed by atoms with Gasteiger partial charge in [-0.1, -0.05) is 13.3 Å². The lowest BCUT2D eigenvalue weighted by Crippen LogP contribution is -2.53. The van der Waals surface area contributed by atoms with Gasteiger partial charge in [-0.2, -0.15) is 4.31 Å². The van der Waals surface area contributed by atoms with Crippen molar-refractivity contribution in [3.63, 3.8) is 0 Å². The largest absolute Gasteiger partial charge is 0.314 e. The number of rotatable bonds is 4. The highest BCUT2D eigenvalue weighted by Crippen LogP contribution is 2.14. The van der Waals surface area contributed by atoms with Crippen molar-refractivity contribution in [3.8, 4) is 0 Å². The maximum Gasteiger partial charge on any atom is 0.214 e. The third-order valence-electron chi connectivity index (χ3n) is 2.64. The summed E-state index contributed by atoms with van der Waals surface area (Å²) in [6.07, 6.45) is 1.98. The third-order valence-corrected chi connectivity index (χ3v) is 4.57. The average Bonchev–Trinajstić information content (AvgIpc) is 2.19. The number of nitrogens with zero attached hydrogens (tertiary/aromatic N) is 1. The van der Waals surface area contributed by atoms with Gasteiger partial charge in [0.05, 0.1) is 5.75 Å². The highest BCUT2D eigenvalue weighted by atomic mass is 32.2. The van der Waals surface area contributed by atoms with Crippen LogP contribution in [0.2, 0.25) is 0 Å². The van der Waals surface area contributed by atoms with Crippen LogP contribution in [0.5, 0.6) is 0 Å². The fourth-order valence-electron chi connectivity index (χ4n) is 1.85. The number of hydrogen-bond acceptors (Lipinski definition) is 3. The smallest absolute Gasteiger partial charge is 0.214 e. The van der Waals surface area contributed by atoms with Crippen molar-refractivity contribution in [2.24, 2.45) is 0 Å². The quantitative estimate of drug-likeness (QED) is 0.746. The molecule has 0 saturated carbocycles. The van der Waals surface area contributed by atoms with Crippen LogP contribution >= 0.6 is 0 Å². The molecule has 1 N–H and O–H groups in total. The Morgan fingerprint density at radius 2 is 2.14 bits per heavy atom. The summed E-state index contributed by atoms with van der Waals surface area (Å²) in [5.41, 5.74) is 0. The van der Waals surface area contributed by atoms with E-state index in [9.17, 15) is 8.42 Å². The molecule has 1 unspecified atom stereocenters. The molecule has 0 spiro atoms. The summed E-state index contributed by atoms with van der Waals surface area (Å²) >= 11 is 0. The molecule has 1 aliphatic rings. The molecule has 0 radical (unpaired) electrons. The average molecular weight is 220 g/mol. The predicted molar refractivity (Wildman–Crippen MR) is 57.7 cm³/mol. The summed E-state index contributed by atoms with van der Waals surface area (Å²) in [6.45, 7) is 6.00. The topological polar surface area (TPSA) is 49.4 Å². The van der Waals surface area contributed by atoms with Crippen LogP contribution in [-0.4, -0.2) is 44.2 Å². The van der Waals surface area contributed by atoms with Crippen molar-refractivity contribution < 1.29 is 8.42 Å². The second-order valence-electron chi connectivity index (χ2n) is 3.66. The summed E-state index contributed by atoms with van der Waals surface area (Å²) < 4.78 is 25.1. The van der Waals surface area contributed by atoms with Crippen LogP contribution in [-0.2, 0) is 10.0 Å².